The molecule has 5 rings (SSSR count). The number of nitrogens with two attached hydrogens (primary N) is 1. The van der Waals surface area contributed by atoms with Crippen molar-refractivity contribution in [1.29, 1.82) is 0 Å². The van der Waals surface area contributed by atoms with Crippen LogP contribution in [0.5, 0.6) is 0 Å². The summed E-state index contributed by atoms with van der Waals surface area (Å²) in [5, 5.41) is 115. The molecule has 0 saturated carbocycles. The zero-order valence-electron chi connectivity index (χ0n) is 44.3. The lowest BCUT2D eigenvalue weighted by molar-refractivity contribution is -0.303. The van der Waals surface area contributed by atoms with Gasteiger partial charge in [0.05, 0.1) is 85.5 Å². The first kappa shape index (κ1) is 62.1. The lowest BCUT2D eigenvalue weighted by Crippen LogP contribution is -2.61. The summed E-state index contributed by atoms with van der Waals surface area (Å²) in [5.41, 5.74) is 7.73. The molecule has 2 fully saturated rings. The van der Waals surface area contributed by atoms with Gasteiger partial charge in [-0.05, 0) is 57.4 Å². The van der Waals surface area contributed by atoms with Crippen molar-refractivity contribution in [2.45, 2.75) is 182 Å². The summed E-state index contributed by atoms with van der Waals surface area (Å²) in [6.07, 6.45) is 5.44. The number of nitrogens with zero attached hydrogens (tertiary/aromatic N) is 3. The summed E-state index contributed by atoms with van der Waals surface area (Å²) >= 11 is 0. The van der Waals surface area contributed by atoms with E-state index >= 15 is 0 Å². The molecule has 0 radical (unpaired) electrons. The number of aliphatic hydroxyl groups excluding tert-OH is 9. The Labute approximate surface area is 445 Å². The molecular weight excluding hydrogens is 985 g/mol. The van der Waals surface area contributed by atoms with Crippen molar-refractivity contribution in [1.82, 2.24) is 10.1 Å². The summed E-state index contributed by atoms with van der Waals surface area (Å²) in [5.74, 6) is -4.61. The Morgan fingerprint density at radius 2 is 1.28 bits per heavy atom. The van der Waals surface area contributed by atoms with E-state index in [-0.39, 0.29) is 43.3 Å². The second-order valence-corrected chi connectivity index (χ2v) is 20.6. The van der Waals surface area contributed by atoms with Gasteiger partial charge in [-0.25, -0.2) is 0 Å². The molecule has 19 atom stereocenters. The van der Waals surface area contributed by atoms with Gasteiger partial charge in [-0.3, -0.25) is 4.79 Å². The maximum atomic E-state index is 12.7. The van der Waals surface area contributed by atoms with Crippen molar-refractivity contribution in [3.05, 3.63) is 115 Å². The van der Waals surface area contributed by atoms with E-state index in [2.05, 4.69) is 10.1 Å². The number of esters is 1. The van der Waals surface area contributed by atoms with Crippen LogP contribution in [0.25, 0.3) is 11.4 Å². The van der Waals surface area contributed by atoms with E-state index in [1.807, 2.05) is 105 Å². The number of carbonyl (C=O) groups is 1. The Bertz CT molecular complexity index is 2280. The van der Waals surface area contributed by atoms with E-state index in [9.17, 15) is 55.9 Å². The highest BCUT2D eigenvalue weighted by Crippen LogP contribution is 2.42. The topological polar surface area (TPSA) is 324 Å². The largest absolute Gasteiger partial charge is 0.462 e. The van der Waals surface area contributed by atoms with E-state index in [0.29, 0.717) is 5.56 Å². The third-order valence-corrected chi connectivity index (χ3v) is 14.1. The van der Waals surface area contributed by atoms with Gasteiger partial charge in [-0.15, -0.1) is 0 Å². The van der Waals surface area contributed by atoms with Crippen LogP contribution in [0.15, 0.2) is 114 Å². The van der Waals surface area contributed by atoms with Gasteiger partial charge in [-0.1, -0.05) is 104 Å². The van der Waals surface area contributed by atoms with Gasteiger partial charge < -0.3 is 85.2 Å². The number of carbonyl (C=O) groups excluding carboxylic acids is 1. The lowest BCUT2D eigenvalue weighted by Gasteiger charge is -2.45. The van der Waals surface area contributed by atoms with Crippen LogP contribution in [-0.2, 0) is 23.7 Å². The zero-order chi connectivity index (χ0) is 55.7. The summed E-state index contributed by atoms with van der Waals surface area (Å²) in [7, 11) is 3.81. The minimum atomic E-state index is -2.25. The summed E-state index contributed by atoms with van der Waals surface area (Å²) in [4.78, 5) is 19.3. The van der Waals surface area contributed by atoms with E-state index in [1.165, 1.54) is 0 Å². The molecular formula is C56H82N4O16. The number of hydrogen-bond donors (Lipinski definition) is 11. The Morgan fingerprint density at radius 1 is 0.671 bits per heavy atom. The second kappa shape index (κ2) is 29.8. The Morgan fingerprint density at radius 3 is 1.89 bits per heavy atom. The molecule has 12 N–H and O–H groups in total. The quantitative estimate of drug-likeness (QED) is 0.192. The number of aromatic nitrogens is 2. The highest BCUT2D eigenvalue weighted by Gasteiger charge is 2.51. The monoisotopic (exact) mass is 1070 g/mol. The molecule has 2 aromatic rings. The third kappa shape index (κ3) is 18.7. The van der Waals surface area contributed by atoms with Gasteiger partial charge in [0.2, 0.25) is 11.7 Å². The first-order valence-corrected chi connectivity index (χ1v) is 26.1. The Kier molecular flexibility index (Phi) is 24.4. The van der Waals surface area contributed by atoms with Crippen LogP contribution in [0.2, 0.25) is 0 Å². The highest BCUT2D eigenvalue weighted by atomic mass is 16.7. The predicted molar refractivity (Wildman–Crippen MR) is 283 cm³/mol. The van der Waals surface area contributed by atoms with Gasteiger partial charge in [0.25, 0.3) is 0 Å². The fraction of sp³-hybridized carbons (Fsp3) is 0.589. The Balaban J connectivity index is 1.43. The van der Waals surface area contributed by atoms with Gasteiger partial charge >= 0.3 is 5.97 Å². The molecule has 1 aromatic carbocycles. The highest BCUT2D eigenvalue weighted by molar-refractivity contribution is 5.70. The number of ether oxygens (including phenoxy) is 4. The van der Waals surface area contributed by atoms with Crippen LogP contribution >= 0.6 is 0 Å². The maximum absolute atomic E-state index is 12.7. The van der Waals surface area contributed by atoms with Gasteiger partial charge in [0.15, 0.2) is 12.1 Å². The molecule has 3 aliphatic rings. The lowest BCUT2D eigenvalue weighted by atomic mass is 9.82. The summed E-state index contributed by atoms with van der Waals surface area (Å²) in [6, 6.07) is 6.26. The third-order valence-electron chi connectivity index (χ3n) is 14.1. The van der Waals surface area contributed by atoms with Gasteiger partial charge in [0, 0.05) is 62.9 Å². The normalized spacial score (nSPS) is 40.6. The number of rotatable bonds is 5. The summed E-state index contributed by atoms with van der Waals surface area (Å²) < 4.78 is 29.9. The first-order valence-electron chi connectivity index (χ1n) is 26.1. The van der Waals surface area contributed by atoms with Crippen molar-refractivity contribution in [3.63, 3.8) is 0 Å². The van der Waals surface area contributed by atoms with E-state index in [1.54, 1.807) is 51.2 Å². The average Bonchev–Trinajstić information content (AvgIpc) is 3.85. The van der Waals surface area contributed by atoms with Crippen molar-refractivity contribution < 1.29 is 79.3 Å². The fourth-order valence-corrected chi connectivity index (χ4v) is 9.37. The van der Waals surface area contributed by atoms with Crippen molar-refractivity contribution in [2.75, 3.05) is 19.0 Å². The maximum Gasteiger partial charge on any atom is 0.308 e. The number of fused-ring (bicyclic) bond motifs is 2. The molecule has 1 aromatic heterocycles. The molecule has 422 valence electrons. The van der Waals surface area contributed by atoms with Crippen LogP contribution in [0.1, 0.15) is 90.9 Å². The van der Waals surface area contributed by atoms with Gasteiger partial charge in [-0.2, -0.15) is 4.98 Å². The molecule has 20 nitrogen and oxygen atoms in total. The number of hydrogen-bond acceptors (Lipinski definition) is 20. The molecule has 3 aliphatic heterocycles. The molecule has 20 heteroatoms. The minimum Gasteiger partial charge on any atom is -0.462 e. The first-order chi connectivity index (χ1) is 36.0. The summed E-state index contributed by atoms with van der Waals surface area (Å²) in [6.45, 7) is 6.84. The van der Waals surface area contributed by atoms with Crippen molar-refractivity contribution in [2.24, 2.45) is 17.6 Å². The predicted octanol–water partition coefficient (Wildman–Crippen LogP) is 2.91. The SMILES string of the molecule is C[C@@H]1[C@H](O)[C@@H](C)/C=C/C=C/C=C/C=C/C=C/C=C/C=C/[C@H](O[C@@H]2O[C@H](C)[C@@H](O)[C@H](N)[C@@H]2O)C[C@@H]2O[C@](O)(C[C@@H](O)C[C@@H](O)[C@H](O)CC[C@@H](O)C[C@@H](O)CC(=O)O[C@H]1C)C[C@H](O)[C@H]2c1nc(-c2ccc(N(C)C)cc2)no1. The molecule has 76 heavy (non-hydrogen) atoms. The molecule has 2 saturated heterocycles. The minimum absolute atomic E-state index is 0.0316. The molecule has 4 heterocycles. The fourth-order valence-electron chi connectivity index (χ4n) is 9.37. The van der Waals surface area contributed by atoms with Crippen LogP contribution < -0.4 is 10.6 Å². The van der Waals surface area contributed by atoms with Crippen LogP contribution in [0.3, 0.4) is 0 Å². The van der Waals surface area contributed by atoms with E-state index in [4.69, 9.17) is 29.2 Å². The number of allylic oxidation sites excluding steroid dienone is 12. The molecule has 2 bridgehead atoms. The number of cyclic esters (lactones) is 1. The molecule has 0 spiro atoms. The van der Waals surface area contributed by atoms with Gasteiger partial charge in [0.1, 0.15) is 12.2 Å². The van der Waals surface area contributed by atoms with Crippen molar-refractivity contribution >= 4 is 11.7 Å². The standard InChI is InChI=1S/C56H82N4O16/c1-33-19-17-15-13-11-9-7-8-10-12-14-16-18-20-42(74-55-52(70)49(57)51(69)36(4)73-55)30-46-48(54-58-53(59-76-54)37-21-23-38(24-22-37)60(5)6)45(66)32-56(71,75-46)31-41(63)28-44(65)43(64)26-25-39(61)27-40(62)29-47(67)72-35(3)34(2)50(33)68/h7-24,33-36,39-46,48-52,55,61-66,68-71H,25-32,57H2,1-6H3/b8-7+,11-9+,12-10+,15-13+,16-14+,19-17+,20-18+/t33-,34-,35-,36+,39+,40+,41-,42-,43+,44+,45-,46-,48+,49-,50+,51+,52-,55-,56+/m0/s1. The van der Waals surface area contributed by atoms with Crippen molar-refractivity contribution in [3.8, 4) is 11.4 Å². The molecule has 0 unspecified atom stereocenters. The Hall–Kier alpha value is -4.75. The molecule has 0 amide bonds. The zero-order valence-corrected chi connectivity index (χ0v) is 44.3. The second-order valence-electron chi connectivity index (χ2n) is 20.6. The average molecular weight is 1070 g/mol. The van der Waals surface area contributed by atoms with Crippen LogP contribution in [0, 0.1) is 11.8 Å². The van der Waals surface area contributed by atoms with E-state index in [0.717, 1.165) is 5.69 Å². The number of anilines is 1. The smallest absolute Gasteiger partial charge is 0.308 e. The van der Waals surface area contributed by atoms with Crippen LogP contribution in [0.4, 0.5) is 5.69 Å². The van der Waals surface area contributed by atoms with Crippen LogP contribution in [-0.4, -0.2) is 179 Å². The number of aliphatic hydroxyl groups is 10. The molecule has 0 aliphatic carbocycles. The number of benzene rings is 1. The van der Waals surface area contributed by atoms with E-state index < -0.39 is 141 Å².